The van der Waals surface area contributed by atoms with Gasteiger partial charge in [0, 0.05) is 5.57 Å². The van der Waals surface area contributed by atoms with Crippen molar-refractivity contribution in [3.8, 4) is 0 Å². The molecule has 0 bridgehead atoms. The van der Waals surface area contributed by atoms with Gasteiger partial charge in [0.2, 0.25) is 0 Å². The number of carbonyl (C=O) groups is 1. The first-order valence-electron chi connectivity index (χ1n) is 4.70. The van der Waals surface area contributed by atoms with Crippen LogP contribution in [0.1, 0.15) is 39.5 Å². The summed E-state index contributed by atoms with van der Waals surface area (Å²) in [7, 11) is 0. The molecule has 0 saturated carbocycles. The van der Waals surface area contributed by atoms with E-state index in [9.17, 15) is 4.79 Å². The summed E-state index contributed by atoms with van der Waals surface area (Å²) in [6.07, 6.45) is 3.52. The molecule has 0 rings (SSSR count). The number of hydrogen-bond donors (Lipinski definition) is 1. The highest BCUT2D eigenvalue weighted by molar-refractivity contribution is 5.87. The van der Waals surface area contributed by atoms with Crippen LogP contribution in [0.25, 0.3) is 0 Å². The molecule has 0 aromatic rings. The van der Waals surface area contributed by atoms with Crippen LogP contribution < -0.4 is 5.73 Å². The number of carbonyl (C=O) groups excluding carboxylic acids is 1. The fourth-order valence-electron chi connectivity index (χ4n) is 0.893. The van der Waals surface area contributed by atoms with Gasteiger partial charge >= 0.3 is 5.97 Å². The van der Waals surface area contributed by atoms with Crippen molar-refractivity contribution in [2.45, 2.75) is 45.8 Å². The van der Waals surface area contributed by atoms with Gasteiger partial charge in [0.25, 0.3) is 0 Å². The van der Waals surface area contributed by atoms with Crippen LogP contribution in [0.2, 0.25) is 0 Å². The van der Waals surface area contributed by atoms with Crippen LogP contribution in [0.5, 0.6) is 0 Å². The van der Waals surface area contributed by atoms with Crippen LogP contribution in [-0.2, 0) is 9.53 Å². The number of nitrogens with two attached hydrogens (primary N) is 1. The topological polar surface area (TPSA) is 52.3 Å². The van der Waals surface area contributed by atoms with E-state index in [1.807, 2.05) is 0 Å². The fraction of sp³-hybridized carbons (Fsp3) is 0.700. The standard InChI is InChI=1S/C10H19NO2/c1-4-5-6-7-9(11)13-10(12)8(2)3/h9H,2,4-7,11H2,1,3H3. The summed E-state index contributed by atoms with van der Waals surface area (Å²) in [5.74, 6) is -0.399. The number of unbranched alkanes of at least 4 members (excludes halogenated alkanes) is 2. The Morgan fingerprint density at radius 3 is 2.62 bits per heavy atom. The van der Waals surface area contributed by atoms with Crippen molar-refractivity contribution in [2.75, 3.05) is 0 Å². The zero-order valence-corrected chi connectivity index (χ0v) is 8.51. The molecule has 0 aromatic carbocycles. The molecule has 3 heteroatoms. The Hall–Kier alpha value is -0.830. The first-order valence-corrected chi connectivity index (χ1v) is 4.70. The maximum Gasteiger partial charge on any atom is 0.334 e. The molecular weight excluding hydrogens is 166 g/mol. The van der Waals surface area contributed by atoms with Crippen molar-refractivity contribution in [3.05, 3.63) is 12.2 Å². The molecule has 0 saturated heterocycles. The van der Waals surface area contributed by atoms with Crippen molar-refractivity contribution < 1.29 is 9.53 Å². The predicted molar refractivity (Wildman–Crippen MR) is 53.0 cm³/mol. The van der Waals surface area contributed by atoms with Crippen molar-refractivity contribution in [3.63, 3.8) is 0 Å². The van der Waals surface area contributed by atoms with Gasteiger partial charge in [-0.2, -0.15) is 0 Å². The second-order valence-corrected chi connectivity index (χ2v) is 3.22. The molecular formula is C10H19NO2. The Bertz CT molecular complexity index is 178. The molecule has 0 fully saturated rings. The average molecular weight is 185 g/mol. The zero-order chi connectivity index (χ0) is 10.3. The predicted octanol–water partition coefficient (Wildman–Crippen LogP) is 1.97. The molecule has 0 spiro atoms. The highest BCUT2D eigenvalue weighted by atomic mass is 16.6. The normalized spacial score (nSPS) is 12.2. The molecule has 2 N–H and O–H groups in total. The minimum Gasteiger partial charge on any atom is -0.443 e. The lowest BCUT2D eigenvalue weighted by molar-refractivity contribution is -0.144. The third-order valence-electron chi connectivity index (χ3n) is 1.70. The molecule has 0 radical (unpaired) electrons. The van der Waals surface area contributed by atoms with E-state index >= 15 is 0 Å². The van der Waals surface area contributed by atoms with Gasteiger partial charge in [-0.1, -0.05) is 26.3 Å². The number of hydrogen-bond acceptors (Lipinski definition) is 3. The molecule has 0 aliphatic heterocycles. The molecule has 0 aromatic heterocycles. The van der Waals surface area contributed by atoms with Crippen molar-refractivity contribution in [1.82, 2.24) is 0 Å². The second kappa shape index (κ2) is 6.66. The van der Waals surface area contributed by atoms with E-state index in [0.29, 0.717) is 5.57 Å². The highest BCUT2D eigenvalue weighted by Crippen LogP contribution is 2.04. The van der Waals surface area contributed by atoms with Crippen LogP contribution in [0, 0.1) is 0 Å². The Kier molecular flexibility index (Phi) is 6.24. The monoisotopic (exact) mass is 185 g/mol. The molecule has 1 unspecified atom stereocenters. The summed E-state index contributed by atoms with van der Waals surface area (Å²) in [5.41, 5.74) is 5.96. The smallest absolute Gasteiger partial charge is 0.334 e. The Morgan fingerprint density at radius 1 is 1.54 bits per heavy atom. The lowest BCUT2D eigenvalue weighted by atomic mass is 10.2. The lowest BCUT2D eigenvalue weighted by Crippen LogP contribution is -2.27. The number of rotatable bonds is 6. The molecule has 0 aliphatic rings. The van der Waals surface area contributed by atoms with Crippen LogP contribution in [-0.4, -0.2) is 12.2 Å². The van der Waals surface area contributed by atoms with Gasteiger partial charge < -0.3 is 4.74 Å². The highest BCUT2D eigenvalue weighted by Gasteiger charge is 2.09. The van der Waals surface area contributed by atoms with Crippen molar-refractivity contribution in [2.24, 2.45) is 5.73 Å². The summed E-state index contributed by atoms with van der Waals surface area (Å²) in [4.78, 5) is 11.0. The van der Waals surface area contributed by atoms with Crippen LogP contribution in [0.4, 0.5) is 0 Å². The summed E-state index contributed by atoms with van der Waals surface area (Å²) in [6.45, 7) is 7.20. The van der Waals surface area contributed by atoms with Crippen molar-refractivity contribution >= 4 is 5.97 Å². The first kappa shape index (κ1) is 12.2. The molecule has 0 amide bonds. The third-order valence-corrected chi connectivity index (χ3v) is 1.70. The van der Waals surface area contributed by atoms with Gasteiger partial charge in [-0.25, -0.2) is 4.79 Å². The lowest BCUT2D eigenvalue weighted by Gasteiger charge is -2.12. The number of ether oxygens (including phenoxy) is 1. The average Bonchev–Trinajstić information content (AvgIpc) is 2.04. The van der Waals surface area contributed by atoms with E-state index in [0.717, 1.165) is 25.7 Å². The molecule has 0 heterocycles. The van der Waals surface area contributed by atoms with E-state index in [1.54, 1.807) is 6.92 Å². The quantitative estimate of drug-likeness (QED) is 0.298. The van der Waals surface area contributed by atoms with Gasteiger partial charge in [0.15, 0.2) is 6.23 Å². The Morgan fingerprint density at radius 2 is 2.15 bits per heavy atom. The maximum absolute atomic E-state index is 11.0. The summed E-state index contributed by atoms with van der Waals surface area (Å²) in [5, 5.41) is 0. The van der Waals surface area contributed by atoms with E-state index < -0.39 is 12.2 Å². The van der Waals surface area contributed by atoms with Gasteiger partial charge in [0.1, 0.15) is 0 Å². The third kappa shape index (κ3) is 6.34. The van der Waals surface area contributed by atoms with Gasteiger partial charge in [-0.3, -0.25) is 5.73 Å². The van der Waals surface area contributed by atoms with E-state index in [2.05, 4.69) is 13.5 Å². The van der Waals surface area contributed by atoms with Gasteiger partial charge in [-0.05, 0) is 19.8 Å². The molecule has 3 nitrogen and oxygen atoms in total. The Balaban J connectivity index is 3.55. The SMILES string of the molecule is C=C(C)C(=O)OC(N)CCCCC. The van der Waals surface area contributed by atoms with E-state index in [4.69, 9.17) is 10.5 Å². The fourth-order valence-corrected chi connectivity index (χ4v) is 0.893. The van der Waals surface area contributed by atoms with Crippen LogP contribution in [0.3, 0.4) is 0 Å². The minimum atomic E-state index is -0.476. The first-order chi connectivity index (χ1) is 6.07. The summed E-state index contributed by atoms with van der Waals surface area (Å²) >= 11 is 0. The maximum atomic E-state index is 11.0. The van der Waals surface area contributed by atoms with Gasteiger partial charge in [-0.15, -0.1) is 0 Å². The molecule has 76 valence electrons. The molecule has 1 atom stereocenters. The summed E-state index contributed by atoms with van der Waals surface area (Å²) in [6, 6.07) is 0. The second-order valence-electron chi connectivity index (χ2n) is 3.22. The van der Waals surface area contributed by atoms with Crippen LogP contribution >= 0.6 is 0 Å². The largest absolute Gasteiger partial charge is 0.443 e. The summed E-state index contributed by atoms with van der Waals surface area (Å²) < 4.78 is 4.90. The zero-order valence-electron chi connectivity index (χ0n) is 8.51. The number of esters is 1. The van der Waals surface area contributed by atoms with Crippen molar-refractivity contribution in [1.29, 1.82) is 0 Å². The van der Waals surface area contributed by atoms with E-state index in [-0.39, 0.29) is 0 Å². The van der Waals surface area contributed by atoms with Gasteiger partial charge in [0.05, 0.1) is 0 Å². The molecule has 13 heavy (non-hydrogen) atoms. The minimum absolute atomic E-state index is 0.394. The Labute approximate surface area is 79.9 Å². The van der Waals surface area contributed by atoms with Crippen LogP contribution in [0.15, 0.2) is 12.2 Å². The molecule has 0 aliphatic carbocycles. The van der Waals surface area contributed by atoms with E-state index in [1.165, 1.54) is 0 Å².